The molecule has 1 saturated heterocycles. The highest BCUT2D eigenvalue weighted by molar-refractivity contribution is 7.89. The van der Waals surface area contributed by atoms with Crippen LogP contribution in [-0.2, 0) is 10.0 Å². The zero-order chi connectivity index (χ0) is 11.7. The second-order valence-corrected chi connectivity index (χ2v) is 6.93. The van der Waals surface area contributed by atoms with E-state index in [0.717, 1.165) is 0 Å². The number of sulfonamides is 1. The van der Waals surface area contributed by atoms with Crippen LogP contribution in [0, 0.1) is 5.92 Å². The van der Waals surface area contributed by atoms with Gasteiger partial charge in [0.05, 0.1) is 11.4 Å². The quantitative estimate of drug-likeness (QED) is 0.767. The van der Waals surface area contributed by atoms with Crippen LogP contribution in [0.1, 0.15) is 33.6 Å². The maximum atomic E-state index is 11.7. The van der Waals surface area contributed by atoms with Gasteiger partial charge in [-0.3, -0.25) is 0 Å². The minimum atomic E-state index is -3.13. The van der Waals surface area contributed by atoms with Crippen LogP contribution in [0.5, 0.6) is 0 Å². The third-order valence-corrected chi connectivity index (χ3v) is 4.74. The highest BCUT2D eigenvalue weighted by Crippen LogP contribution is 2.27. The lowest BCUT2D eigenvalue weighted by Crippen LogP contribution is -2.63. The second-order valence-electron chi connectivity index (χ2n) is 4.84. The van der Waals surface area contributed by atoms with Crippen LogP contribution in [-0.4, -0.2) is 42.3 Å². The lowest BCUT2D eigenvalue weighted by Gasteiger charge is -2.45. The molecule has 0 aromatic carbocycles. The van der Waals surface area contributed by atoms with E-state index in [2.05, 4.69) is 0 Å². The molecule has 1 aliphatic rings. The zero-order valence-corrected chi connectivity index (χ0v) is 10.5. The topological polar surface area (TPSA) is 57.6 Å². The van der Waals surface area contributed by atoms with Crippen LogP contribution >= 0.6 is 0 Å². The molecule has 90 valence electrons. The molecule has 1 rings (SSSR count). The van der Waals surface area contributed by atoms with Gasteiger partial charge in [0.15, 0.2) is 0 Å². The Hall–Kier alpha value is -0.130. The SMILES string of the molecule is CCC1(O)CN(S(=O)(=O)CCC(C)C)C1. The molecule has 0 spiro atoms. The minimum Gasteiger partial charge on any atom is -0.387 e. The molecule has 1 heterocycles. The summed E-state index contributed by atoms with van der Waals surface area (Å²) in [5.41, 5.74) is -0.773. The minimum absolute atomic E-state index is 0.199. The lowest BCUT2D eigenvalue weighted by molar-refractivity contribution is -0.0613. The van der Waals surface area contributed by atoms with Crippen molar-refractivity contribution in [2.24, 2.45) is 5.92 Å². The summed E-state index contributed by atoms with van der Waals surface area (Å²) in [6.07, 6.45) is 1.30. The number of hydrogen-bond acceptors (Lipinski definition) is 3. The van der Waals surface area contributed by atoms with Crippen molar-refractivity contribution in [1.82, 2.24) is 4.31 Å². The Morgan fingerprint density at radius 3 is 2.33 bits per heavy atom. The first-order chi connectivity index (χ1) is 6.79. The second kappa shape index (κ2) is 4.39. The largest absolute Gasteiger partial charge is 0.387 e. The molecule has 0 saturated carbocycles. The van der Waals surface area contributed by atoms with E-state index >= 15 is 0 Å². The van der Waals surface area contributed by atoms with E-state index in [1.54, 1.807) is 0 Å². The number of hydrogen-bond donors (Lipinski definition) is 1. The summed E-state index contributed by atoms with van der Waals surface area (Å²) in [5.74, 6) is 0.593. The first-order valence-corrected chi connectivity index (χ1v) is 7.10. The molecule has 0 aromatic heterocycles. The molecular formula is C10H21NO3S. The molecule has 5 heteroatoms. The Balaban J connectivity index is 2.45. The van der Waals surface area contributed by atoms with Gasteiger partial charge in [0.2, 0.25) is 10.0 Å². The van der Waals surface area contributed by atoms with Gasteiger partial charge in [-0.1, -0.05) is 20.8 Å². The van der Waals surface area contributed by atoms with Crippen molar-refractivity contribution in [2.75, 3.05) is 18.8 Å². The van der Waals surface area contributed by atoms with E-state index in [1.807, 2.05) is 20.8 Å². The number of β-amino-alcohol motifs (C(OH)–C–C–N with tert-alkyl or cyclic N) is 1. The number of aliphatic hydroxyl groups is 1. The van der Waals surface area contributed by atoms with Gasteiger partial charge in [-0.2, -0.15) is 4.31 Å². The molecule has 0 atom stereocenters. The maximum absolute atomic E-state index is 11.7. The van der Waals surface area contributed by atoms with Gasteiger partial charge >= 0.3 is 0 Å². The molecular weight excluding hydrogens is 214 g/mol. The summed E-state index contributed by atoms with van der Waals surface area (Å²) in [7, 11) is -3.13. The molecule has 0 aliphatic carbocycles. The molecule has 1 N–H and O–H groups in total. The van der Waals surface area contributed by atoms with Crippen LogP contribution in [0.25, 0.3) is 0 Å². The average molecular weight is 235 g/mol. The van der Waals surface area contributed by atoms with Crippen molar-refractivity contribution in [3.63, 3.8) is 0 Å². The van der Waals surface area contributed by atoms with Gasteiger partial charge in [-0.25, -0.2) is 8.42 Å². The monoisotopic (exact) mass is 235 g/mol. The van der Waals surface area contributed by atoms with Crippen molar-refractivity contribution in [3.8, 4) is 0 Å². The highest BCUT2D eigenvalue weighted by atomic mass is 32.2. The Morgan fingerprint density at radius 1 is 1.40 bits per heavy atom. The van der Waals surface area contributed by atoms with Crippen molar-refractivity contribution >= 4 is 10.0 Å². The predicted octanol–water partition coefficient (Wildman–Crippen LogP) is 0.819. The van der Waals surface area contributed by atoms with Gasteiger partial charge in [-0.15, -0.1) is 0 Å². The molecule has 0 radical (unpaired) electrons. The van der Waals surface area contributed by atoms with E-state index in [0.29, 0.717) is 18.8 Å². The molecule has 15 heavy (non-hydrogen) atoms. The van der Waals surface area contributed by atoms with E-state index in [4.69, 9.17) is 0 Å². The van der Waals surface area contributed by atoms with Crippen molar-refractivity contribution in [1.29, 1.82) is 0 Å². The highest BCUT2D eigenvalue weighted by Gasteiger charge is 2.45. The predicted molar refractivity (Wildman–Crippen MR) is 60.1 cm³/mol. The third-order valence-electron chi connectivity index (χ3n) is 2.95. The van der Waals surface area contributed by atoms with E-state index in [1.165, 1.54) is 4.31 Å². The van der Waals surface area contributed by atoms with E-state index < -0.39 is 15.6 Å². The summed E-state index contributed by atoms with van der Waals surface area (Å²) in [4.78, 5) is 0. The van der Waals surface area contributed by atoms with Gasteiger partial charge < -0.3 is 5.11 Å². The molecule has 0 aromatic rings. The summed E-state index contributed by atoms with van der Waals surface area (Å²) in [6, 6.07) is 0. The fraction of sp³-hybridized carbons (Fsp3) is 1.00. The summed E-state index contributed by atoms with van der Waals surface area (Å²) < 4.78 is 24.9. The zero-order valence-electron chi connectivity index (χ0n) is 9.73. The smallest absolute Gasteiger partial charge is 0.214 e. The molecule has 0 unspecified atom stereocenters. The molecule has 0 amide bonds. The van der Waals surface area contributed by atoms with Crippen molar-refractivity contribution in [2.45, 2.75) is 39.2 Å². The first-order valence-electron chi connectivity index (χ1n) is 5.49. The molecule has 4 nitrogen and oxygen atoms in total. The Kier molecular flexibility index (Phi) is 3.79. The Bertz CT molecular complexity index is 305. The molecule has 0 bridgehead atoms. The van der Waals surface area contributed by atoms with Gasteiger partial charge in [0, 0.05) is 13.1 Å². The third kappa shape index (κ3) is 3.16. The van der Waals surface area contributed by atoms with Crippen LogP contribution in [0.2, 0.25) is 0 Å². The number of rotatable bonds is 5. The van der Waals surface area contributed by atoms with Crippen molar-refractivity contribution < 1.29 is 13.5 Å². The Morgan fingerprint density at radius 2 is 1.93 bits per heavy atom. The standard InChI is InChI=1S/C10H21NO3S/c1-4-10(12)7-11(8-10)15(13,14)6-5-9(2)3/h9,12H,4-8H2,1-3H3. The Labute approximate surface area is 92.3 Å². The molecule has 1 aliphatic heterocycles. The average Bonchev–Trinajstić information content (AvgIpc) is 2.10. The van der Waals surface area contributed by atoms with Gasteiger partial charge in [0.25, 0.3) is 0 Å². The van der Waals surface area contributed by atoms with Crippen LogP contribution < -0.4 is 0 Å². The van der Waals surface area contributed by atoms with Crippen molar-refractivity contribution in [3.05, 3.63) is 0 Å². The van der Waals surface area contributed by atoms with Gasteiger partial charge in [0.1, 0.15) is 0 Å². The lowest BCUT2D eigenvalue weighted by atomic mass is 9.94. The summed E-state index contributed by atoms with van der Waals surface area (Å²) in [5, 5.41) is 9.72. The summed E-state index contributed by atoms with van der Waals surface area (Å²) in [6.45, 7) is 6.42. The first kappa shape index (κ1) is 12.9. The van der Waals surface area contributed by atoms with Crippen LogP contribution in [0.3, 0.4) is 0 Å². The van der Waals surface area contributed by atoms with Crippen LogP contribution in [0.4, 0.5) is 0 Å². The van der Waals surface area contributed by atoms with Crippen LogP contribution in [0.15, 0.2) is 0 Å². The molecule has 1 fully saturated rings. The summed E-state index contributed by atoms with van der Waals surface area (Å²) >= 11 is 0. The van der Waals surface area contributed by atoms with Gasteiger partial charge in [-0.05, 0) is 18.8 Å². The van der Waals surface area contributed by atoms with E-state index in [9.17, 15) is 13.5 Å². The maximum Gasteiger partial charge on any atom is 0.214 e. The van der Waals surface area contributed by atoms with E-state index in [-0.39, 0.29) is 18.8 Å². The normalized spacial score (nSPS) is 21.7. The fourth-order valence-electron chi connectivity index (χ4n) is 1.54. The fourth-order valence-corrected chi connectivity index (χ4v) is 3.45. The number of nitrogens with zero attached hydrogens (tertiary/aromatic N) is 1.